The van der Waals surface area contributed by atoms with E-state index in [0.29, 0.717) is 16.4 Å². The third-order valence-corrected chi connectivity index (χ3v) is 2.73. The van der Waals surface area contributed by atoms with E-state index in [9.17, 15) is 0 Å². The SMILES string of the molecule is CC(C)(C)CCOCc1nnsc1Cl. The van der Waals surface area contributed by atoms with Crippen molar-refractivity contribution < 1.29 is 4.74 Å². The standard InChI is InChI=1S/C9H15ClN2OS/c1-9(2,3)4-5-13-6-7-8(10)14-12-11-7/h4-6H2,1-3H3. The molecule has 1 aromatic heterocycles. The average Bonchev–Trinajstić information content (AvgIpc) is 2.44. The van der Waals surface area contributed by atoms with E-state index in [2.05, 4.69) is 30.4 Å². The first-order chi connectivity index (χ1) is 6.49. The third-order valence-electron chi connectivity index (χ3n) is 1.74. The summed E-state index contributed by atoms with van der Waals surface area (Å²) in [6.07, 6.45) is 1.03. The first kappa shape index (κ1) is 11.9. The number of rotatable bonds is 4. The molecule has 5 heteroatoms. The topological polar surface area (TPSA) is 35.0 Å². The van der Waals surface area contributed by atoms with Gasteiger partial charge in [-0.25, -0.2) is 0 Å². The zero-order chi connectivity index (χ0) is 10.6. The van der Waals surface area contributed by atoms with Crippen LogP contribution in [0.1, 0.15) is 32.9 Å². The Hall–Kier alpha value is -0.190. The van der Waals surface area contributed by atoms with E-state index in [1.165, 1.54) is 11.5 Å². The molecule has 0 aliphatic rings. The molecule has 0 bridgehead atoms. The van der Waals surface area contributed by atoms with Gasteiger partial charge >= 0.3 is 0 Å². The van der Waals surface area contributed by atoms with Crippen LogP contribution in [0.15, 0.2) is 0 Å². The van der Waals surface area contributed by atoms with Gasteiger partial charge in [-0.1, -0.05) is 36.9 Å². The molecule has 0 radical (unpaired) electrons. The minimum Gasteiger partial charge on any atom is -0.375 e. The maximum absolute atomic E-state index is 5.82. The summed E-state index contributed by atoms with van der Waals surface area (Å²) in [4.78, 5) is 0. The monoisotopic (exact) mass is 234 g/mol. The van der Waals surface area contributed by atoms with Gasteiger partial charge in [0.1, 0.15) is 10.0 Å². The Bertz CT molecular complexity index is 283. The molecule has 0 saturated heterocycles. The lowest BCUT2D eigenvalue weighted by atomic mass is 9.93. The van der Waals surface area contributed by atoms with Crippen LogP contribution in [0.3, 0.4) is 0 Å². The van der Waals surface area contributed by atoms with Gasteiger partial charge in [0.05, 0.1) is 6.61 Å². The lowest BCUT2D eigenvalue weighted by Crippen LogP contribution is -2.09. The fraction of sp³-hybridized carbons (Fsp3) is 0.778. The van der Waals surface area contributed by atoms with Crippen LogP contribution in [0.5, 0.6) is 0 Å². The van der Waals surface area contributed by atoms with Crippen molar-refractivity contribution in [1.29, 1.82) is 0 Å². The van der Waals surface area contributed by atoms with Crippen LogP contribution in [-0.2, 0) is 11.3 Å². The van der Waals surface area contributed by atoms with Gasteiger partial charge in [0.15, 0.2) is 0 Å². The molecule has 0 unspecified atom stereocenters. The van der Waals surface area contributed by atoms with E-state index in [1.807, 2.05) is 0 Å². The molecule has 0 aliphatic carbocycles. The fourth-order valence-electron chi connectivity index (χ4n) is 0.830. The summed E-state index contributed by atoms with van der Waals surface area (Å²) in [5.41, 5.74) is 1.05. The Labute approximate surface area is 93.6 Å². The molecule has 1 rings (SSSR count). The highest BCUT2D eigenvalue weighted by atomic mass is 35.5. The van der Waals surface area contributed by atoms with E-state index >= 15 is 0 Å². The molecule has 14 heavy (non-hydrogen) atoms. The van der Waals surface area contributed by atoms with Crippen molar-refractivity contribution in [3.63, 3.8) is 0 Å². The molecule has 0 amide bonds. The smallest absolute Gasteiger partial charge is 0.139 e. The second-order valence-corrected chi connectivity index (χ2v) is 5.71. The summed E-state index contributed by atoms with van der Waals surface area (Å²) in [5, 5.41) is 3.86. The van der Waals surface area contributed by atoms with Gasteiger partial charge < -0.3 is 4.74 Å². The summed E-state index contributed by atoms with van der Waals surface area (Å²) in [5.74, 6) is 0. The second kappa shape index (κ2) is 5.05. The number of nitrogens with zero attached hydrogens (tertiary/aromatic N) is 2. The van der Waals surface area contributed by atoms with Gasteiger partial charge in [0, 0.05) is 18.1 Å². The highest BCUT2D eigenvalue weighted by Gasteiger charge is 2.10. The van der Waals surface area contributed by atoms with Crippen molar-refractivity contribution in [2.45, 2.75) is 33.8 Å². The molecule has 1 aromatic rings. The molecule has 0 aromatic carbocycles. The fourth-order valence-corrected chi connectivity index (χ4v) is 1.43. The molecule has 0 fully saturated rings. The number of hydrogen-bond donors (Lipinski definition) is 0. The van der Waals surface area contributed by atoms with Gasteiger partial charge in [-0.2, -0.15) is 0 Å². The van der Waals surface area contributed by atoms with E-state index in [0.717, 1.165) is 18.7 Å². The van der Waals surface area contributed by atoms with Gasteiger partial charge in [0.25, 0.3) is 0 Å². The molecule has 3 nitrogen and oxygen atoms in total. The molecule has 0 aliphatic heterocycles. The Morgan fingerprint density at radius 2 is 2.14 bits per heavy atom. The normalized spacial score (nSPS) is 12.0. The number of hydrogen-bond acceptors (Lipinski definition) is 4. The highest BCUT2D eigenvalue weighted by Crippen LogP contribution is 2.20. The minimum atomic E-state index is 0.310. The molecule has 0 spiro atoms. The van der Waals surface area contributed by atoms with E-state index in [1.54, 1.807) is 0 Å². The van der Waals surface area contributed by atoms with Gasteiger partial charge in [-0.05, 0) is 11.8 Å². The maximum atomic E-state index is 5.82. The van der Waals surface area contributed by atoms with E-state index in [-0.39, 0.29) is 0 Å². The van der Waals surface area contributed by atoms with E-state index < -0.39 is 0 Å². The zero-order valence-corrected chi connectivity index (χ0v) is 10.3. The van der Waals surface area contributed by atoms with Gasteiger partial charge in [0.2, 0.25) is 0 Å². The summed E-state index contributed by atoms with van der Waals surface area (Å²) in [7, 11) is 0. The van der Waals surface area contributed by atoms with Crippen LogP contribution in [-0.4, -0.2) is 16.2 Å². The average molecular weight is 235 g/mol. The molecule has 1 heterocycles. The van der Waals surface area contributed by atoms with Crippen molar-refractivity contribution in [2.24, 2.45) is 5.41 Å². The molecule has 0 saturated carbocycles. The van der Waals surface area contributed by atoms with Crippen molar-refractivity contribution in [3.8, 4) is 0 Å². The second-order valence-electron chi connectivity index (χ2n) is 4.36. The molecule has 0 N–H and O–H groups in total. The van der Waals surface area contributed by atoms with Gasteiger partial charge in [-0.15, -0.1) is 5.10 Å². The zero-order valence-electron chi connectivity index (χ0n) is 8.71. The third kappa shape index (κ3) is 4.35. The number of aromatic nitrogens is 2. The summed E-state index contributed by atoms with van der Waals surface area (Å²) >= 11 is 7.01. The highest BCUT2D eigenvalue weighted by molar-refractivity contribution is 7.10. The summed E-state index contributed by atoms with van der Waals surface area (Å²) in [6.45, 7) is 7.76. The first-order valence-electron chi connectivity index (χ1n) is 4.53. The van der Waals surface area contributed by atoms with Gasteiger partial charge in [-0.3, -0.25) is 0 Å². The lowest BCUT2D eigenvalue weighted by molar-refractivity contribution is 0.0941. The Morgan fingerprint density at radius 3 is 2.64 bits per heavy atom. The number of ether oxygens (including phenoxy) is 1. The Kier molecular flexibility index (Phi) is 4.29. The first-order valence-corrected chi connectivity index (χ1v) is 5.69. The molecule has 0 atom stereocenters. The van der Waals surface area contributed by atoms with Crippen LogP contribution >= 0.6 is 23.1 Å². The van der Waals surface area contributed by atoms with Crippen LogP contribution in [0.4, 0.5) is 0 Å². The summed E-state index contributed by atoms with van der Waals surface area (Å²) < 4.78 is 9.81. The van der Waals surface area contributed by atoms with Crippen molar-refractivity contribution in [2.75, 3.05) is 6.61 Å². The Morgan fingerprint density at radius 1 is 1.43 bits per heavy atom. The predicted molar refractivity (Wildman–Crippen MR) is 58.6 cm³/mol. The van der Waals surface area contributed by atoms with Crippen LogP contribution in [0.25, 0.3) is 0 Å². The molecule has 80 valence electrons. The molecular formula is C9H15ClN2OS. The van der Waals surface area contributed by atoms with Crippen molar-refractivity contribution in [3.05, 3.63) is 10.0 Å². The van der Waals surface area contributed by atoms with E-state index in [4.69, 9.17) is 16.3 Å². The largest absolute Gasteiger partial charge is 0.375 e. The van der Waals surface area contributed by atoms with Crippen molar-refractivity contribution in [1.82, 2.24) is 9.59 Å². The molecular weight excluding hydrogens is 220 g/mol. The Balaban J connectivity index is 2.20. The summed E-state index contributed by atoms with van der Waals surface area (Å²) in [6, 6.07) is 0. The lowest BCUT2D eigenvalue weighted by Gasteiger charge is -2.17. The quantitative estimate of drug-likeness (QED) is 0.751. The minimum absolute atomic E-state index is 0.310. The van der Waals surface area contributed by atoms with Crippen LogP contribution < -0.4 is 0 Å². The van der Waals surface area contributed by atoms with Crippen LogP contribution in [0, 0.1) is 5.41 Å². The van der Waals surface area contributed by atoms with Crippen molar-refractivity contribution >= 4 is 23.1 Å². The predicted octanol–water partition coefficient (Wildman–Crippen LogP) is 3.14. The maximum Gasteiger partial charge on any atom is 0.139 e. The van der Waals surface area contributed by atoms with Crippen LogP contribution in [0.2, 0.25) is 4.34 Å². The number of halogens is 1.